The van der Waals surface area contributed by atoms with Crippen LogP contribution in [0.2, 0.25) is 0 Å². The number of anilines is 1. The Labute approximate surface area is 123 Å². The lowest BCUT2D eigenvalue weighted by atomic mass is 10.1. The molecule has 1 aliphatic heterocycles. The Morgan fingerprint density at radius 3 is 2.76 bits per heavy atom. The minimum atomic E-state index is -0.950. The van der Waals surface area contributed by atoms with E-state index in [0.717, 1.165) is 11.1 Å². The molecule has 6 heteroatoms. The van der Waals surface area contributed by atoms with Crippen LogP contribution in [0, 0.1) is 6.92 Å². The summed E-state index contributed by atoms with van der Waals surface area (Å²) in [5.41, 5.74) is 2.40. The second-order valence-electron chi connectivity index (χ2n) is 5.27. The third kappa shape index (κ3) is 3.45. The van der Waals surface area contributed by atoms with Gasteiger partial charge in [0.25, 0.3) is 0 Å². The number of ether oxygens (including phenoxy) is 1. The molecule has 0 radical (unpaired) electrons. The fraction of sp³-hybridized carbons (Fsp3) is 0.467. The van der Waals surface area contributed by atoms with Crippen molar-refractivity contribution in [2.24, 2.45) is 0 Å². The van der Waals surface area contributed by atoms with E-state index >= 15 is 0 Å². The van der Waals surface area contributed by atoms with Gasteiger partial charge in [-0.05, 0) is 25.0 Å². The second-order valence-corrected chi connectivity index (χ2v) is 5.27. The Kier molecular flexibility index (Phi) is 4.35. The first-order chi connectivity index (χ1) is 9.90. The topological polar surface area (TPSA) is 78.9 Å². The van der Waals surface area contributed by atoms with Crippen LogP contribution >= 0.6 is 0 Å². The summed E-state index contributed by atoms with van der Waals surface area (Å²) in [6, 6.07) is 3.65. The van der Waals surface area contributed by atoms with Crippen molar-refractivity contribution in [3.63, 3.8) is 0 Å². The second kappa shape index (κ2) is 6.03. The van der Waals surface area contributed by atoms with Crippen LogP contribution in [0.3, 0.4) is 0 Å². The third-order valence-corrected chi connectivity index (χ3v) is 3.52. The number of carbonyl (C=O) groups excluding carboxylic acids is 1. The number of benzene rings is 1. The summed E-state index contributed by atoms with van der Waals surface area (Å²) in [5.74, 6) is 0.492. The van der Waals surface area contributed by atoms with Crippen LogP contribution in [0.25, 0.3) is 0 Å². The molecule has 0 unspecified atom stereocenters. The average molecular weight is 292 g/mol. The van der Waals surface area contributed by atoms with Crippen molar-refractivity contribution in [1.82, 2.24) is 4.90 Å². The van der Waals surface area contributed by atoms with E-state index in [2.05, 4.69) is 5.32 Å². The number of hydrogen-bond donors (Lipinski definition) is 2. The molecule has 21 heavy (non-hydrogen) atoms. The normalized spacial score (nSPS) is 17.5. The number of hydrogen-bond acceptors (Lipinski definition) is 3. The van der Waals surface area contributed by atoms with E-state index in [1.54, 1.807) is 6.07 Å². The largest absolute Gasteiger partial charge is 0.488 e. The summed E-state index contributed by atoms with van der Waals surface area (Å²) >= 11 is 0. The predicted octanol–water partition coefficient (Wildman–Crippen LogP) is 2.60. The highest BCUT2D eigenvalue weighted by atomic mass is 16.5. The molecule has 0 fully saturated rings. The molecule has 114 valence electrons. The minimum Gasteiger partial charge on any atom is -0.488 e. The van der Waals surface area contributed by atoms with Crippen LogP contribution in [0.4, 0.5) is 10.5 Å². The molecule has 2 amide bonds. The molecule has 2 N–H and O–H groups in total. The lowest BCUT2D eigenvalue weighted by molar-refractivity contribution is -0.114. The number of nitrogens with zero attached hydrogens (tertiary/aromatic N) is 1. The molecular weight excluding hydrogens is 272 g/mol. The molecule has 0 aromatic heterocycles. The Morgan fingerprint density at radius 1 is 1.48 bits per heavy atom. The predicted molar refractivity (Wildman–Crippen MR) is 78.6 cm³/mol. The number of aryl methyl sites for hydroxylation is 1. The Morgan fingerprint density at radius 2 is 2.19 bits per heavy atom. The fourth-order valence-electron chi connectivity index (χ4n) is 2.40. The van der Waals surface area contributed by atoms with Gasteiger partial charge in [-0.2, -0.15) is 0 Å². The van der Waals surface area contributed by atoms with Gasteiger partial charge in [-0.15, -0.1) is 0 Å². The molecule has 0 saturated carbocycles. The summed E-state index contributed by atoms with van der Waals surface area (Å²) < 4.78 is 5.91. The van der Waals surface area contributed by atoms with Crippen molar-refractivity contribution in [1.29, 1.82) is 0 Å². The number of rotatable bonds is 2. The van der Waals surface area contributed by atoms with E-state index in [0.29, 0.717) is 30.9 Å². The van der Waals surface area contributed by atoms with Gasteiger partial charge in [0, 0.05) is 24.2 Å². The lowest BCUT2D eigenvalue weighted by Gasteiger charge is -2.20. The molecule has 1 atom stereocenters. The molecule has 1 heterocycles. The van der Waals surface area contributed by atoms with Crippen molar-refractivity contribution < 1.29 is 19.4 Å². The summed E-state index contributed by atoms with van der Waals surface area (Å²) in [5, 5.41) is 12.0. The van der Waals surface area contributed by atoms with Crippen molar-refractivity contribution >= 4 is 17.7 Å². The average Bonchev–Trinajstić information content (AvgIpc) is 2.57. The van der Waals surface area contributed by atoms with Gasteiger partial charge in [-0.1, -0.05) is 6.92 Å². The van der Waals surface area contributed by atoms with Gasteiger partial charge in [0.15, 0.2) is 0 Å². The first-order valence-corrected chi connectivity index (χ1v) is 6.96. The molecule has 2 rings (SSSR count). The van der Waals surface area contributed by atoms with Crippen LogP contribution in [0.15, 0.2) is 12.1 Å². The third-order valence-electron chi connectivity index (χ3n) is 3.52. The Balaban J connectivity index is 2.40. The van der Waals surface area contributed by atoms with E-state index in [-0.39, 0.29) is 12.0 Å². The van der Waals surface area contributed by atoms with E-state index in [4.69, 9.17) is 4.74 Å². The van der Waals surface area contributed by atoms with Crippen LogP contribution in [0.5, 0.6) is 5.75 Å². The first kappa shape index (κ1) is 15.2. The number of amides is 2. The van der Waals surface area contributed by atoms with Crippen molar-refractivity contribution in [3.8, 4) is 5.75 Å². The SMILES string of the molecule is CC[C@@H]1CN(C(=O)O)Cc2cc(C)c(NC(C)=O)cc2O1. The highest BCUT2D eigenvalue weighted by molar-refractivity contribution is 5.90. The van der Waals surface area contributed by atoms with Gasteiger partial charge in [0.2, 0.25) is 5.91 Å². The van der Waals surface area contributed by atoms with Crippen LogP contribution < -0.4 is 10.1 Å². The molecular formula is C15H20N2O4. The fourth-order valence-corrected chi connectivity index (χ4v) is 2.40. The van der Waals surface area contributed by atoms with Crippen molar-refractivity contribution in [2.45, 2.75) is 39.8 Å². The van der Waals surface area contributed by atoms with Gasteiger partial charge in [-0.25, -0.2) is 4.79 Å². The van der Waals surface area contributed by atoms with Crippen molar-refractivity contribution in [3.05, 3.63) is 23.3 Å². The molecule has 6 nitrogen and oxygen atoms in total. The molecule has 0 aliphatic carbocycles. The van der Waals surface area contributed by atoms with Gasteiger partial charge < -0.3 is 20.1 Å². The molecule has 1 aromatic rings. The standard InChI is InChI=1S/C15H20N2O4/c1-4-12-8-17(15(19)20)7-11-5-9(2)13(16-10(3)18)6-14(11)21-12/h5-6,12H,4,7-8H2,1-3H3,(H,16,18)(H,19,20)/t12-/m1/s1. The quantitative estimate of drug-likeness (QED) is 0.878. The molecule has 1 aliphatic rings. The van der Waals surface area contributed by atoms with E-state index < -0.39 is 6.09 Å². The van der Waals surface area contributed by atoms with E-state index in [9.17, 15) is 14.7 Å². The van der Waals surface area contributed by atoms with Crippen molar-refractivity contribution in [2.75, 3.05) is 11.9 Å². The highest BCUT2D eigenvalue weighted by Gasteiger charge is 2.25. The minimum absolute atomic E-state index is 0.147. The zero-order valence-corrected chi connectivity index (χ0v) is 12.5. The highest BCUT2D eigenvalue weighted by Crippen LogP contribution is 2.31. The first-order valence-electron chi connectivity index (χ1n) is 6.96. The number of carbonyl (C=O) groups is 2. The zero-order chi connectivity index (χ0) is 15.6. The Bertz CT molecular complexity index is 571. The number of nitrogens with one attached hydrogen (secondary N) is 1. The Hall–Kier alpha value is -2.24. The summed E-state index contributed by atoms with van der Waals surface area (Å²) in [6.07, 6.45) is -0.421. The molecule has 0 saturated heterocycles. The van der Waals surface area contributed by atoms with Crippen LogP contribution in [0.1, 0.15) is 31.4 Å². The van der Waals surface area contributed by atoms with Gasteiger partial charge >= 0.3 is 6.09 Å². The molecule has 0 spiro atoms. The smallest absolute Gasteiger partial charge is 0.407 e. The van der Waals surface area contributed by atoms with E-state index in [1.165, 1.54) is 11.8 Å². The van der Waals surface area contributed by atoms with Crippen LogP contribution in [-0.4, -0.2) is 34.7 Å². The van der Waals surface area contributed by atoms with Gasteiger partial charge in [0.1, 0.15) is 11.9 Å². The maximum absolute atomic E-state index is 11.3. The summed E-state index contributed by atoms with van der Waals surface area (Å²) in [7, 11) is 0. The molecule has 0 bridgehead atoms. The number of fused-ring (bicyclic) bond motifs is 1. The van der Waals surface area contributed by atoms with E-state index in [1.807, 2.05) is 19.9 Å². The van der Waals surface area contributed by atoms with Crippen LogP contribution in [-0.2, 0) is 11.3 Å². The van der Waals surface area contributed by atoms with Gasteiger partial charge in [0.05, 0.1) is 13.1 Å². The summed E-state index contributed by atoms with van der Waals surface area (Å²) in [4.78, 5) is 23.9. The zero-order valence-electron chi connectivity index (χ0n) is 12.5. The molecule has 1 aromatic carbocycles. The lowest BCUT2D eigenvalue weighted by Crippen LogP contribution is -2.35. The number of carboxylic acid groups (broad SMARTS) is 1. The van der Waals surface area contributed by atoms with Gasteiger partial charge in [-0.3, -0.25) is 4.79 Å². The maximum Gasteiger partial charge on any atom is 0.407 e. The maximum atomic E-state index is 11.3. The summed E-state index contributed by atoms with van der Waals surface area (Å²) in [6.45, 7) is 5.92. The monoisotopic (exact) mass is 292 g/mol.